The van der Waals surface area contributed by atoms with E-state index in [4.69, 9.17) is 76.0 Å². The summed E-state index contributed by atoms with van der Waals surface area (Å²) in [6.07, 6.45) is 1.11. The van der Waals surface area contributed by atoms with Gasteiger partial charge in [0.1, 0.15) is 71.9 Å². The van der Waals surface area contributed by atoms with Gasteiger partial charge in [-0.15, -0.1) is 11.3 Å². The topological polar surface area (TPSA) is 149 Å². The molecule has 0 unspecified atom stereocenters. The number of hydrogen-bond acceptors (Lipinski definition) is 16. The lowest BCUT2D eigenvalue weighted by atomic mass is 9.92. The Labute approximate surface area is 455 Å². The molecule has 2 fully saturated rings. The van der Waals surface area contributed by atoms with Crippen LogP contribution in [0.3, 0.4) is 0 Å². The number of halogens is 3. The molecule has 0 saturated carbocycles. The van der Waals surface area contributed by atoms with Crippen LogP contribution in [0, 0.1) is 19.7 Å². The minimum atomic E-state index is -1.28. The van der Waals surface area contributed by atoms with E-state index >= 15 is 0 Å². The van der Waals surface area contributed by atoms with Crippen LogP contribution >= 0.6 is 34.5 Å². The second-order valence-electron chi connectivity index (χ2n) is 20.1. The van der Waals surface area contributed by atoms with Gasteiger partial charge in [0.2, 0.25) is 12.0 Å². The number of nitrogens with zero attached hydrogens (tertiary/aromatic N) is 6. The van der Waals surface area contributed by atoms with Crippen LogP contribution in [0.4, 0.5) is 4.39 Å². The third-order valence-electron chi connectivity index (χ3n) is 13.3. The lowest BCUT2D eigenvalue weighted by Crippen LogP contribution is -2.49. The number of carbonyl (C=O) groups is 1. The normalized spacial score (nSPS) is 18.6. The summed E-state index contributed by atoms with van der Waals surface area (Å²) in [5.41, 5.74) is 4.50. The molecule has 0 aliphatic carbocycles. The van der Waals surface area contributed by atoms with Crippen LogP contribution in [0.2, 0.25) is 10.0 Å². The van der Waals surface area contributed by atoms with Crippen LogP contribution in [-0.2, 0) is 32.0 Å². The average molecular weight is 1090 g/mol. The van der Waals surface area contributed by atoms with Gasteiger partial charge in [0.15, 0.2) is 11.6 Å². The van der Waals surface area contributed by atoms with Gasteiger partial charge in [-0.25, -0.2) is 29.1 Å². The Kier molecular flexibility index (Phi) is 16.2. The summed E-state index contributed by atoms with van der Waals surface area (Å²) >= 11 is 16.2. The largest absolute Gasteiger partial charge is 0.491 e. The van der Waals surface area contributed by atoms with Crippen molar-refractivity contribution in [3.05, 3.63) is 124 Å². The van der Waals surface area contributed by atoms with E-state index in [9.17, 15) is 9.18 Å². The predicted octanol–water partition coefficient (Wildman–Crippen LogP) is 10.6. The fourth-order valence-corrected chi connectivity index (χ4v) is 11.0. The third kappa shape index (κ3) is 12.3. The van der Waals surface area contributed by atoms with Gasteiger partial charge < -0.3 is 42.8 Å². The Bertz CT molecular complexity index is 3170. The molecule has 15 nitrogen and oxygen atoms in total. The molecular weight excluding hydrogens is 1030 g/mol. The molecule has 4 aromatic carbocycles. The van der Waals surface area contributed by atoms with Crippen molar-refractivity contribution in [3.8, 4) is 61.8 Å². The number of benzene rings is 4. The van der Waals surface area contributed by atoms with E-state index in [-0.39, 0.29) is 37.4 Å². The maximum Gasteiger partial charge on any atom is 0.348 e. The minimum absolute atomic E-state index is 0.0359. The van der Waals surface area contributed by atoms with Gasteiger partial charge in [-0.3, -0.25) is 4.90 Å². The summed E-state index contributed by atoms with van der Waals surface area (Å²) < 4.78 is 64.8. The number of fused-ring (bicyclic) bond motifs is 7. The molecule has 398 valence electrons. The third-order valence-corrected chi connectivity index (χ3v) is 15.3. The molecule has 0 N–H and O–H groups in total. The van der Waals surface area contributed by atoms with Crippen molar-refractivity contribution in [2.45, 2.75) is 71.6 Å². The molecule has 2 saturated heterocycles. The molecule has 4 aliphatic rings. The SMILES string of the molecule is Cc1c(Cl)c2c(Cl)c(C)c1-c1c(-c3ccc(F)cc3)sc3ncnc(c13)O[C@@H](C(=O)OC(C)(C)C)Cc1cc(ccc1OCc1ccnc(-c3ccc(OC[C@H]4COCCO4)cc3)n1)OC[C@@H](CN1CCN(C)CC1)O2. The highest BCUT2D eigenvalue weighted by Crippen LogP contribution is 2.53. The highest BCUT2D eigenvalue weighted by atomic mass is 35.5. The number of carbonyl (C=O) groups excluding carboxylic acids is 1. The summed E-state index contributed by atoms with van der Waals surface area (Å²) in [5.74, 6) is 1.55. The van der Waals surface area contributed by atoms with Gasteiger partial charge >= 0.3 is 5.97 Å². The van der Waals surface area contributed by atoms with Gasteiger partial charge in [-0.2, -0.15) is 0 Å². The van der Waals surface area contributed by atoms with Crippen molar-refractivity contribution in [1.82, 2.24) is 29.7 Å². The quantitative estimate of drug-likeness (QED) is 0.113. The van der Waals surface area contributed by atoms with E-state index < -0.39 is 23.8 Å². The van der Waals surface area contributed by atoms with E-state index in [1.807, 2.05) is 50.2 Å². The standard InChI is InChI=1S/C57H59Cl2FN6O9S/c1-33-46-34(2)50(59)51(49(33)58)73-42(27-66-21-19-65(6)20-22-66)30-71-41-15-16-44(72-28-39-17-18-61-53(64-39)36-9-13-40(14-10-36)70-31-43-29-68-23-24-69-43)37(25-41)26-45(56(67)75-57(3,4)5)74-54-48-47(46)52(76-55(48)63-32-62-54)35-7-11-38(60)12-8-35/h7-18,25,32,42-43,45H,19-24,26-31H2,1-6H3/t42-,43-,45-/m1/s1. The number of esters is 1. The van der Waals surface area contributed by atoms with Gasteiger partial charge in [0.25, 0.3) is 0 Å². The van der Waals surface area contributed by atoms with Crippen LogP contribution in [-0.4, -0.2) is 132 Å². The molecule has 7 aromatic rings. The van der Waals surface area contributed by atoms with Crippen molar-refractivity contribution in [1.29, 1.82) is 0 Å². The molecule has 0 amide bonds. The van der Waals surface area contributed by atoms with Gasteiger partial charge in [-0.05, 0) is 125 Å². The number of aromatic nitrogens is 4. The molecule has 4 bridgehead atoms. The fourth-order valence-electron chi connectivity index (χ4n) is 9.36. The molecule has 4 aliphatic heterocycles. The average Bonchev–Trinajstić information content (AvgIpc) is 3.84. The minimum Gasteiger partial charge on any atom is -0.491 e. The van der Waals surface area contributed by atoms with Crippen molar-refractivity contribution in [2.24, 2.45) is 0 Å². The molecule has 3 aromatic heterocycles. The van der Waals surface area contributed by atoms with Crippen LogP contribution < -0.4 is 23.7 Å². The van der Waals surface area contributed by atoms with Gasteiger partial charge in [-0.1, -0.05) is 35.3 Å². The van der Waals surface area contributed by atoms with Crippen LogP contribution in [0.25, 0.3) is 43.2 Å². The van der Waals surface area contributed by atoms with Crippen LogP contribution in [0.5, 0.6) is 28.9 Å². The summed E-state index contributed by atoms with van der Waals surface area (Å²) in [6.45, 7) is 15.4. The first-order valence-corrected chi connectivity index (χ1v) is 26.8. The van der Waals surface area contributed by atoms with E-state index in [0.717, 1.165) is 36.6 Å². The Morgan fingerprint density at radius 3 is 2.32 bits per heavy atom. The Balaban J connectivity index is 1.04. The van der Waals surface area contributed by atoms with Crippen molar-refractivity contribution in [2.75, 3.05) is 72.8 Å². The Morgan fingerprint density at radius 1 is 0.842 bits per heavy atom. The predicted molar refractivity (Wildman–Crippen MR) is 290 cm³/mol. The van der Waals surface area contributed by atoms with Gasteiger partial charge in [0, 0.05) is 66.9 Å². The number of piperazine rings is 1. The molecule has 11 rings (SSSR count). The Morgan fingerprint density at radius 2 is 1.59 bits per heavy atom. The van der Waals surface area contributed by atoms with Crippen molar-refractivity contribution in [3.63, 3.8) is 0 Å². The number of rotatable bonds is 11. The smallest absolute Gasteiger partial charge is 0.348 e. The van der Waals surface area contributed by atoms with Gasteiger partial charge in [0.05, 0.1) is 40.9 Å². The fraction of sp³-hybridized carbons (Fsp3) is 0.386. The first-order valence-electron chi connectivity index (χ1n) is 25.3. The maximum absolute atomic E-state index is 14.6. The number of ether oxygens (including phenoxy) is 8. The Hall–Kier alpha value is -6.18. The first kappa shape index (κ1) is 53.2. The molecular formula is C57H59Cl2FN6O9S. The molecule has 76 heavy (non-hydrogen) atoms. The zero-order chi connectivity index (χ0) is 53.1. The molecule has 0 radical (unpaired) electrons. The number of thiophene rings is 1. The summed E-state index contributed by atoms with van der Waals surface area (Å²) in [6, 6.07) is 21.0. The van der Waals surface area contributed by atoms with Crippen molar-refractivity contribution >= 4 is 50.7 Å². The second-order valence-corrected chi connectivity index (χ2v) is 21.8. The molecule has 3 atom stereocenters. The second kappa shape index (κ2) is 23.2. The highest BCUT2D eigenvalue weighted by molar-refractivity contribution is 7.22. The van der Waals surface area contributed by atoms with E-state index in [1.54, 1.807) is 51.2 Å². The van der Waals surface area contributed by atoms with Crippen LogP contribution in [0.1, 0.15) is 43.2 Å². The van der Waals surface area contributed by atoms with Crippen molar-refractivity contribution < 1.29 is 47.1 Å². The lowest BCUT2D eigenvalue weighted by Gasteiger charge is -2.35. The first-order chi connectivity index (χ1) is 36.6. The van der Waals surface area contributed by atoms with E-state index in [1.165, 1.54) is 29.8 Å². The summed E-state index contributed by atoms with van der Waals surface area (Å²) in [7, 11) is 2.11. The summed E-state index contributed by atoms with van der Waals surface area (Å²) in [4.78, 5) is 39.4. The number of hydrogen-bond donors (Lipinski definition) is 0. The highest BCUT2D eigenvalue weighted by Gasteiger charge is 2.34. The van der Waals surface area contributed by atoms with Crippen LogP contribution in [0.15, 0.2) is 85.3 Å². The number of likely N-dealkylation sites (N-methyl/N-ethyl adjacent to an activating group) is 1. The zero-order valence-corrected chi connectivity index (χ0v) is 45.5. The van der Waals surface area contributed by atoms with E-state index in [0.29, 0.717) is 121 Å². The summed E-state index contributed by atoms with van der Waals surface area (Å²) in [5, 5.41) is 1.13. The zero-order valence-electron chi connectivity index (χ0n) is 43.2. The lowest BCUT2D eigenvalue weighted by molar-refractivity contribution is -0.163. The van der Waals surface area contributed by atoms with E-state index in [2.05, 4.69) is 21.8 Å². The maximum atomic E-state index is 14.6. The monoisotopic (exact) mass is 1090 g/mol. The molecule has 7 heterocycles. The molecule has 19 heteroatoms. The molecule has 0 spiro atoms.